The monoisotopic (exact) mass is 326 g/mol. The molecular formula is C12H12N3O6S-. The number of aromatic nitrogens is 1. The average molecular weight is 326 g/mol. The summed E-state index contributed by atoms with van der Waals surface area (Å²) >= 11 is 0. The molecule has 1 atom stereocenters. The zero-order valence-corrected chi connectivity index (χ0v) is 12.3. The number of carbonyl (C=O) groups is 1. The van der Waals surface area contributed by atoms with Crippen LogP contribution in [0.4, 0.5) is 4.79 Å². The van der Waals surface area contributed by atoms with E-state index in [0.717, 1.165) is 0 Å². The molecule has 0 radical (unpaired) electrons. The Bertz CT molecular complexity index is 828. The van der Waals surface area contributed by atoms with Crippen molar-refractivity contribution in [2.75, 3.05) is 13.1 Å². The first-order chi connectivity index (χ1) is 10.3. The number of urea groups is 1. The Morgan fingerprint density at radius 3 is 2.73 bits per heavy atom. The number of nitrogens with zero attached hydrogens (tertiary/aromatic N) is 3. The predicted molar refractivity (Wildman–Crippen MR) is 73.0 cm³/mol. The van der Waals surface area contributed by atoms with Gasteiger partial charge in [-0.1, -0.05) is 6.08 Å². The van der Waals surface area contributed by atoms with Crippen LogP contribution >= 0.6 is 0 Å². The summed E-state index contributed by atoms with van der Waals surface area (Å²) in [5, 5.41) is 0.554. The summed E-state index contributed by atoms with van der Waals surface area (Å²) in [6.07, 6.45) is 3.28. The van der Waals surface area contributed by atoms with Crippen LogP contribution in [0.1, 0.15) is 5.56 Å². The van der Waals surface area contributed by atoms with Gasteiger partial charge in [-0.05, 0) is 17.2 Å². The number of carbonyl (C=O) groups excluding carboxylic acids is 1. The number of amides is 2. The van der Waals surface area contributed by atoms with Crippen molar-refractivity contribution in [3.8, 4) is 0 Å². The molecule has 118 valence electrons. The summed E-state index contributed by atoms with van der Waals surface area (Å²) < 4.78 is 38.1. The third-order valence-electron chi connectivity index (χ3n) is 3.64. The highest BCUT2D eigenvalue weighted by Gasteiger charge is 2.44. The van der Waals surface area contributed by atoms with Crippen LogP contribution in [0.2, 0.25) is 0 Å². The largest absolute Gasteiger partial charge is 0.724 e. The van der Waals surface area contributed by atoms with Gasteiger partial charge in [0, 0.05) is 25.9 Å². The summed E-state index contributed by atoms with van der Waals surface area (Å²) in [6, 6.07) is 1.61. The Morgan fingerprint density at radius 1 is 1.36 bits per heavy atom. The van der Waals surface area contributed by atoms with E-state index in [9.17, 15) is 22.6 Å². The second-order valence-electron chi connectivity index (χ2n) is 5.04. The van der Waals surface area contributed by atoms with Crippen molar-refractivity contribution >= 4 is 22.0 Å². The first-order valence-electron chi connectivity index (χ1n) is 6.37. The normalized spacial score (nSPS) is 21.3. The van der Waals surface area contributed by atoms with Crippen molar-refractivity contribution < 1.29 is 22.0 Å². The average Bonchev–Trinajstić information content (AvgIpc) is 2.66. The zero-order chi connectivity index (χ0) is 16.1. The van der Waals surface area contributed by atoms with E-state index in [-0.39, 0.29) is 18.6 Å². The number of hydrogen-bond acceptors (Lipinski definition) is 6. The van der Waals surface area contributed by atoms with Gasteiger partial charge in [0.25, 0.3) is 5.56 Å². The van der Waals surface area contributed by atoms with Crippen LogP contribution in [0.15, 0.2) is 29.2 Å². The molecule has 0 aliphatic carbocycles. The van der Waals surface area contributed by atoms with Crippen LogP contribution in [0.5, 0.6) is 0 Å². The SMILES string of the molecule is Cn1ccc(C2=CCN3CC2N(OS(=O)(=O)[O-])C3=O)cc1=O. The second kappa shape index (κ2) is 4.93. The molecule has 1 saturated heterocycles. The third kappa shape index (κ3) is 2.51. The van der Waals surface area contributed by atoms with E-state index < -0.39 is 22.5 Å². The van der Waals surface area contributed by atoms with Crippen molar-refractivity contribution in [3.05, 3.63) is 40.3 Å². The van der Waals surface area contributed by atoms with Crippen LogP contribution in [-0.2, 0) is 21.7 Å². The van der Waals surface area contributed by atoms with E-state index in [4.69, 9.17) is 0 Å². The first-order valence-corrected chi connectivity index (χ1v) is 7.70. The highest BCUT2D eigenvalue weighted by Crippen LogP contribution is 2.32. The quantitative estimate of drug-likeness (QED) is 0.535. The minimum atomic E-state index is -5.06. The Morgan fingerprint density at radius 2 is 2.09 bits per heavy atom. The maximum absolute atomic E-state index is 12.0. The molecule has 9 nitrogen and oxygen atoms in total. The van der Waals surface area contributed by atoms with E-state index >= 15 is 0 Å². The topological polar surface area (TPSA) is 112 Å². The lowest BCUT2D eigenvalue weighted by Crippen LogP contribution is -2.36. The number of pyridine rings is 1. The van der Waals surface area contributed by atoms with Crippen LogP contribution < -0.4 is 5.56 Å². The summed E-state index contributed by atoms with van der Waals surface area (Å²) in [5.74, 6) is 0. The number of hydrogen-bond donors (Lipinski definition) is 0. The molecule has 0 N–H and O–H groups in total. The molecule has 0 spiro atoms. The standard InChI is InChI=1S/C12H13N3O6S/c1-13-4-2-8(6-11(13)16)9-3-5-14-7-10(9)15(12(14)17)21-22(18,19)20/h2-4,6,10H,5,7H2,1H3,(H,18,19,20)/p-1. The van der Waals surface area contributed by atoms with Crippen molar-refractivity contribution in [2.45, 2.75) is 6.04 Å². The zero-order valence-electron chi connectivity index (χ0n) is 11.5. The van der Waals surface area contributed by atoms with Crippen LogP contribution in [0, 0.1) is 0 Å². The lowest BCUT2D eigenvalue weighted by atomic mass is 9.97. The molecule has 10 heteroatoms. The molecule has 0 aromatic carbocycles. The van der Waals surface area contributed by atoms with Gasteiger partial charge in [-0.15, -0.1) is 0 Å². The smallest absolute Gasteiger partial charge is 0.346 e. The van der Waals surface area contributed by atoms with E-state index in [1.807, 2.05) is 0 Å². The third-order valence-corrected chi connectivity index (χ3v) is 3.98. The molecule has 1 unspecified atom stereocenters. The number of fused-ring (bicyclic) bond motifs is 2. The maximum Gasteiger partial charge on any atom is 0.346 e. The van der Waals surface area contributed by atoms with Gasteiger partial charge in [-0.25, -0.2) is 13.2 Å². The fourth-order valence-electron chi connectivity index (χ4n) is 2.58. The van der Waals surface area contributed by atoms with Crippen LogP contribution in [-0.4, -0.2) is 52.7 Å². The second-order valence-corrected chi connectivity index (χ2v) is 6.00. The molecular weight excluding hydrogens is 314 g/mol. The molecule has 2 aliphatic heterocycles. The Hall–Kier alpha value is -2.17. The maximum atomic E-state index is 12.0. The summed E-state index contributed by atoms with van der Waals surface area (Å²) in [4.78, 5) is 25.1. The number of hydroxylamine groups is 2. The van der Waals surface area contributed by atoms with Crippen LogP contribution in [0.3, 0.4) is 0 Å². The fourth-order valence-corrected chi connectivity index (χ4v) is 2.94. The number of rotatable bonds is 3. The summed E-state index contributed by atoms with van der Waals surface area (Å²) in [5.41, 5.74) is 0.886. The lowest BCUT2D eigenvalue weighted by Gasteiger charge is -2.25. The molecule has 0 saturated carbocycles. The van der Waals surface area contributed by atoms with E-state index in [1.54, 1.807) is 25.4 Å². The molecule has 3 heterocycles. The molecule has 2 bridgehead atoms. The van der Waals surface area contributed by atoms with E-state index in [1.165, 1.54) is 15.5 Å². The molecule has 2 amide bonds. The van der Waals surface area contributed by atoms with Gasteiger partial charge in [0.05, 0.1) is 6.54 Å². The Labute approximate surface area is 125 Å². The van der Waals surface area contributed by atoms with Gasteiger partial charge < -0.3 is 14.0 Å². The highest BCUT2D eigenvalue weighted by atomic mass is 32.3. The van der Waals surface area contributed by atoms with Gasteiger partial charge >= 0.3 is 6.03 Å². The van der Waals surface area contributed by atoms with Gasteiger partial charge in [0.2, 0.25) is 10.4 Å². The van der Waals surface area contributed by atoms with Crippen molar-refractivity contribution in [2.24, 2.45) is 7.05 Å². The number of aryl methyl sites for hydroxylation is 1. The lowest BCUT2D eigenvalue weighted by molar-refractivity contribution is -0.0171. The Balaban J connectivity index is 1.99. The summed E-state index contributed by atoms with van der Waals surface area (Å²) in [6.45, 7) is 0.439. The molecule has 1 fully saturated rings. The van der Waals surface area contributed by atoms with Gasteiger partial charge in [-0.3, -0.25) is 4.79 Å². The van der Waals surface area contributed by atoms with E-state index in [0.29, 0.717) is 16.2 Å². The van der Waals surface area contributed by atoms with Crippen molar-refractivity contribution in [1.29, 1.82) is 0 Å². The van der Waals surface area contributed by atoms with E-state index in [2.05, 4.69) is 4.28 Å². The molecule has 1 aromatic rings. The minimum Gasteiger partial charge on any atom is -0.724 e. The van der Waals surface area contributed by atoms with Crippen molar-refractivity contribution in [1.82, 2.24) is 14.5 Å². The minimum absolute atomic E-state index is 0.190. The summed E-state index contributed by atoms with van der Waals surface area (Å²) in [7, 11) is -3.47. The van der Waals surface area contributed by atoms with Gasteiger partial charge in [0.1, 0.15) is 6.04 Å². The fraction of sp³-hybridized carbons (Fsp3) is 0.333. The van der Waals surface area contributed by atoms with Gasteiger partial charge in [0.15, 0.2) is 0 Å². The molecule has 3 rings (SSSR count). The first kappa shape index (κ1) is 14.8. The molecule has 2 aliphatic rings. The highest BCUT2D eigenvalue weighted by molar-refractivity contribution is 7.80. The molecule has 1 aromatic heterocycles. The Kier molecular flexibility index (Phi) is 3.31. The van der Waals surface area contributed by atoms with Crippen molar-refractivity contribution in [3.63, 3.8) is 0 Å². The van der Waals surface area contributed by atoms with Crippen LogP contribution in [0.25, 0.3) is 5.57 Å². The van der Waals surface area contributed by atoms with Gasteiger partial charge in [-0.2, -0.15) is 9.35 Å². The predicted octanol–water partition coefficient (Wildman–Crippen LogP) is -0.720. The molecule has 22 heavy (non-hydrogen) atoms.